The fraction of sp³-hybridized carbons (Fsp3) is 0.125. The van der Waals surface area contributed by atoms with Crippen LogP contribution < -0.4 is 0 Å². The van der Waals surface area contributed by atoms with Crippen LogP contribution in [0.15, 0.2) is 84.9 Å². The normalized spacial score (nSPS) is 13.2. The smallest absolute Gasteiger partial charge is 0.293 e. The number of para-hydroxylation sites is 1. The maximum absolute atomic E-state index is 13.2. The monoisotopic (exact) mass is 380 g/mol. The van der Waals surface area contributed by atoms with Crippen LogP contribution in [0.1, 0.15) is 21.7 Å². The van der Waals surface area contributed by atoms with Gasteiger partial charge in [-0.3, -0.25) is 4.79 Å². The van der Waals surface area contributed by atoms with Crippen molar-refractivity contribution in [1.29, 1.82) is 0 Å². The third-order valence-corrected chi connectivity index (χ3v) is 5.25. The van der Waals surface area contributed by atoms with E-state index in [0.29, 0.717) is 18.9 Å². The Morgan fingerprint density at radius 1 is 0.793 bits per heavy atom. The first-order chi connectivity index (χ1) is 14.3. The summed E-state index contributed by atoms with van der Waals surface area (Å²) >= 11 is 0. The molecular weight excluding hydrogens is 360 g/mol. The Bertz CT molecular complexity index is 1090. The van der Waals surface area contributed by atoms with E-state index in [1.165, 1.54) is 11.1 Å². The van der Waals surface area contributed by atoms with E-state index in [4.69, 9.17) is 0 Å². The maximum Gasteiger partial charge on any atom is 0.293 e. The predicted molar refractivity (Wildman–Crippen MR) is 112 cm³/mol. The number of rotatable bonds is 3. The van der Waals surface area contributed by atoms with Crippen LogP contribution in [0.4, 0.5) is 0 Å². The lowest BCUT2D eigenvalue weighted by atomic mass is 10.00. The molecule has 0 aliphatic carbocycles. The first-order valence-electron chi connectivity index (χ1n) is 9.73. The molecule has 0 unspecified atom stereocenters. The van der Waals surface area contributed by atoms with E-state index in [2.05, 4.69) is 22.2 Å². The molecule has 0 radical (unpaired) electrons. The Balaban J connectivity index is 1.53. The Morgan fingerprint density at radius 3 is 2.21 bits per heavy atom. The topological polar surface area (TPSA) is 51.0 Å². The van der Waals surface area contributed by atoms with Gasteiger partial charge in [0, 0.05) is 18.7 Å². The van der Waals surface area contributed by atoms with Gasteiger partial charge in [-0.05, 0) is 29.7 Å². The summed E-state index contributed by atoms with van der Waals surface area (Å²) < 4.78 is 1.75. The molecule has 0 atom stereocenters. The summed E-state index contributed by atoms with van der Waals surface area (Å²) in [6, 6.07) is 27.9. The molecule has 2 heterocycles. The average molecular weight is 380 g/mol. The number of hydrogen-bond acceptors (Lipinski definition) is 3. The summed E-state index contributed by atoms with van der Waals surface area (Å²) in [4.78, 5) is 19.7. The summed E-state index contributed by atoms with van der Waals surface area (Å²) in [7, 11) is 0. The molecule has 0 saturated heterocycles. The van der Waals surface area contributed by atoms with Gasteiger partial charge >= 0.3 is 0 Å². The maximum atomic E-state index is 13.2. The lowest BCUT2D eigenvalue weighted by Crippen LogP contribution is -2.36. The van der Waals surface area contributed by atoms with Crippen molar-refractivity contribution in [3.63, 3.8) is 0 Å². The van der Waals surface area contributed by atoms with Crippen LogP contribution in [0, 0.1) is 0 Å². The lowest BCUT2D eigenvalue weighted by molar-refractivity contribution is 0.0722. The van der Waals surface area contributed by atoms with Gasteiger partial charge in [-0.25, -0.2) is 9.67 Å². The highest BCUT2D eigenvalue weighted by Gasteiger charge is 2.26. The van der Waals surface area contributed by atoms with Crippen molar-refractivity contribution >= 4 is 5.91 Å². The highest BCUT2D eigenvalue weighted by molar-refractivity contribution is 5.91. The highest BCUT2D eigenvalue weighted by Crippen LogP contribution is 2.23. The molecule has 0 saturated carbocycles. The van der Waals surface area contributed by atoms with E-state index in [0.717, 1.165) is 17.7 Å². The Kier molecular flexibility index (Phi) is 4.41. The number of amides is 1. The van der Waals surface area contributed by atoms with Crippen LogP contribution in [0.3, 0.4) is 0 Å². The molecule has 4 aromatic rings. The summed E-state index contributed by atoms with van der Waals surface area (Å²) in [5, 5.41) is 4.60. The summed E-state index contributed by atoms with van der Waals surface area (Å²) in [5.74, 6) is 0.760. The zero-order valence-corrected chi connectivity index (χ0v) is 15.9. The zero-order valence-electron chi connectivity index (χ0n) is 15.9. The van der Waals surface area contributed by atoms with Gasteiger partial charge in [-0.2, -0.15) is 0 Å². The Labute approximate surface area is 169 Å². The summed E-state index contributed by atoms with van der Waals surface area (Å²) in [6.07, 6.45) is 0.854. The highest BCUT2D eigenvalue weighted by atomic mass is 16.2. The second-order valence-corrected chi connectivity index (χ2v) is 7.12. The van der Waals surface area contributed by atoms with Gasteiger partial charge in [0.1, 0.15) is 0 Å². The minimum atomic E-state index is -0.133. The van der Waals surface area contributed by atoms with Crippen molar-refractivity contribution in [3.8, 4) is 17.1 Å². The molecule has 1 aliphatic rings. The van der Waals surface area contributed by atoms with E-state index in [1.807, 2.05) is 77.7 Å². The fourth-order valence-electron chi connectivity index (χ4n) is 3.74. The van der Waals surface area contributed by atoms with E-state index >= 15 is 0 Å². The van der Waals surface area contributed by atoms with Crippen LogP contribution in [0.5, 0.6) is 0 Å². The molecule has 29 heavy (non-hydrogen) atoms. The van der Waals surface area contributed by atoms with Crippen LogP contribution in [0.2, 0.25) is 0 Å². The third-order valence-electron chi connectivity index (χ3n) is 5.25. The van der Waals surface area contributed by atoms with Crippen molar-refractivity contribution in [2.24, 2.45) is 0 Å². The van der Waals surface area contributed by atoms with Gasteiger partial charge < -0.3 is 4.90 Å². The Hall–Kier alpha value is -3.73. The van der Waals surface area contributed by atoms with Crippen LogP contribution in [0.25, 0.3) is 17.1 Å². The molecule has 5 heteroatoms. The molecule has 0 fully saturated rings. The molecule has 1 aliphatic heterocycles. The number of nitrogens with zero attached hydrogens (tertiary/aromatic N) is 4. The molecule has 0 spiro atoms. The largest absolute Gasteiger partial charge is 0.331 e. The van der Waals surface area contributed by atoms with Gasteiger partial charge in [-0.1, -0.05) is 72.8 Å². The van der Waals surface area contributed by atoms with Gasteiger partial charge in [0.15, 0.2) is 5.82 Å². The van der Waals surface area contributed by atoms with Gasteiger partial charge in [0.2, 0.25) is 5.82 Å². The van der Waals surface area contributed by atoms with E-state index in [-0.39, 0.29) is 11.7 Å². The molecule has 0 bridgehead atoms. The van der Waals surface area contributed by atoms with Gasteiger partial charge in [-0.15, -0.1) is 5.10 Å². The second-order valence-electron chi connectivity index (χ2n) is 7.12. The lowest BCUT2D eigenvalue weighted by Gasteiger charge is -2.27. The third kappa shape index (κ3) is 3.31. The molecule has 0 N–H and O–H groups in total. The molecular formula is C24H20N4O. The van der Waals surface area contributed by atoms with Crippen LogP contribution in [-0.2, 0) is 13.0 Å². The standard InChI is InChI=1S/C24H20N4O/c29-24(27-16-15-18-9-7-8-12-20(18)17-27)22-25-23(19-10-3-1-4-11-19)28(26-22)21-13-5-2-6-14-21/h1-14H,15-17H2. The minimum Gasteiger partial charge on any atom is -0.331 e. The number of carbonyl (C=O) groups excluding carboxylic acids is 1. The van der Waals surface area contributed by atoms with Crippen molar-refractivity contribution in [1.82, 2.24) is 19.7 Å². The van der Waals surface area contributed by atoms with E-state index in [1.54, 1.807) is 4.68 Å². The zero-order chi connectivity index (χ0) is 19.6. The fourth-order valence-corrected chi connectivity index (χ4v) is 3.74. The Morgan fingerprint density at radius 2 is 1.45 bits per heavy atom. The minimum absolute atomic E-state index is 0.133. The van der Waals surface area contributed by atoms with E-state index < -0.39 is 0 Å². The van der Waals surface area contributed by atoms with Gasteiger partial charge in [0.05, 0.1) is 5.69 Å². The molecule has 5 rings (SSSR count). The predicted octanol–water partition coefficient (Wildman–Crippen LogP) is 4.13. The van der Waals surface area contributed by atoms with Crippen molar-refractivity contribution in [3.05, 3.63) is 102 Å². The van der Waals surface area contributed by atoms with Crippen LogP contribution >= 0.6 is 0 Å². The molecule has 5 nitrogen and oxygen atoms in total. The number of carbonyl (C=O) groups is 1. The number of benzene rings is 3. The summed E-state index contributed by atoms with van der Waals surface area (Å²) in [5.41, 5.74) is 4.30. The number of fused-ring (bicyclic) bond motifs is 1. The van der Waals surface area contributed by atoms with Crippen molar-refractivity contribution in [2.75, 3.05) is 6.54 Å². The molecule has 142 valence electrons. The quantitative estimate of drug-likeness (QED) is 0.537. The number of hydrogen-bond donors (Lipinski definition) is 0. The SMILES string of the molecule is O=C(c1nc(-c2ccccc2)n(-c2ccccc2)n1)N1CCc2ccccc2C1. The molecule has 1 aromatic heterocycles. The molecule has 1 amide bonds. The first-order valence-corrected chi connectivity index (χ1v) is 9.73. The van der Waals surface area contributed by atoms with Crippen LogP contribution in [-0.4, -0.2) is 32.1 Å². The van der Waals surface area contributed by atoms with Crippen molar-refractivity contribution in [2.45, 2.75) is 13.0 Å². The van der Waals surface area contributed by atoms with E-state index in [9.17, 15) is 4.79 Å². The average Bonchev–Trinajstić information content (AvgIpc) is 3.25. The summed E-state index contributed by atoms with van der Waals surface area (Å²) in [6.45, 7) is 1.27. The van der Waals surface area contributed by atoms with Gasteiger partial charge in [0.25, 0.3) is 5.91 Å². The number of aromatic nitrogens is 3. The second kappa shape index (κ2) is 7.36. The van der Waals surface area contributed by atoms with Crippen molar-refractivity contribution < 1.29 is 4.79 Å². The molecule has 3 aromatic carbocycles. The first kappa shape index (κ1) is 17.4.